The van der Waals surface area contributed by atoms with Crippen LogP contribution in [0.25, 0.3) is 10.9 Å². The SMILES string of the molecule is O=C(O)c1ccc(CNC(=S)N2CCc3c([nH]c4ccccc34)C2c2ccc3c(c2)OCO3)cc1. The summed E-state index contributed by atoms with van der Waals surface area (Å²) in [5.74, 6) is 0.552. The minimum absolute atomic E-state index is 0.116. The number of hydrogen-bond donors (Lipinski definition) is 3. The summed E-state index contributed by atoms with van der Waals surface area (Å²) in [4.78, 5) is 17.0. The van der Waals surface area contributed by atoms with E-state index in [9.17, 15) is 4.79 Å². The molecule has 3 heterocycles. The largest absolute Gasteiger partial charge is 0.478 e. The number of thiocarbonyl (C=S) groups is 1. The zero-order valence-corrected chi connectivity index (χ0v) is 19.6. The number of rotatable bonds is 4. The number of ether oxygens (including phenoxy) is 2. The summed E-state index contributed by atoms with van der Waals surface area (Å²) in [5, 5.41) is 14.4. The number of carbonyl (C=O) groups is 1. The second kappa shape index (κ2) is 8.63. The first-order valence-corrected chi connectivity index (χ1v) is 11.8. The molecule has 1 unspecified atom stereocenters. The van der Waals surface area contributed by atoms with Crippen LogP contribution in [0.2, 0.25) is 0 Å². The van der Waals surface area contributed by atoms with E-state index in [1.807, 2.05) is 18.2 Å². The van der Waals surface area contributed by atoms with E-state index in [4.69, 9.17) is 26.8 Å². The zero-order chi connectivity index (χ0) is 23.9. The third-order valence-corrected chi connectivity index (χ3v) is 7.03. The summed E-state index contributed by atoms with van der Waals surface area (Å²) in [6, 6.07) is 21.1. The van der Waals surface area contributed by atoms with Gasteiger partial charge < -0.3 is 29.8 Å². The Morgan fingerprint density at radius 2 is 1.89 bits per heavy atom. The van der Waals surface area contributed by atoms with Crippen molar-refractivity contribution in [2.45, 2.75) is 19.0 Å². The minimum atomic E-state index is -0.936. The van der Waals surface area contributed by atoms with Gasteiger partial charge in [-0.05, 0) is 65.7 Å². The molecule has 0 radical (unpaired) electrons. The molecule has 1 aromatic heterocycles. The number of aromatic amines is 1. The van der Waals surface area contributed by atoms with Gasteiger partial charge in [0, 0.05) is 29.7 Å². The number of aromatic nitrogens is 1. The van der Waals surface area contributed by atoms with Gasteiger partial charge in [-0.15, -0.1) is 0 Å². The van der Waals surface area contributed by atoms with E-state index < -0.39 is 5.97 Å². The van der Waals surface area contributed by atoms with E-state index in [1.54, 1.807) is 24.3 Å². The highest BCUT2D eigenvalue weighted by Crippen LogP contribution is 2.42. The normalized spacial score (nSPS) is 16.2. The van der Waals surface area contributed by atoms with Gasteiger partial charge in [-0.25, -0.2) is 4.79 Å². The highest BCUT2D eigenvalue weighted by Gasteiger charge is 2.34. The fourth-order valence-corrected chi connectivity index (χ4v) is 5.20. The third kappa shape index (κ3) is 3.85. The van der Waals surface area contributed by atoms with E-state index >= 15 is 0 Å². The Hall–Kier alpha value is -4.04. The number of carboxylic acid groups (broad SMARTS) is 1. The number of carboxylic acids is 1. The van der Waals surface area contributed by atoms with Gasteiger partial charge in [0.2, 0.25) is 6.79 Å². The molecular formula is C27H23N3O4S. The predicted molar refractivity (Wildman–Crippen MR) is 136 cm³/mol. The zero-order valence-electron chi connectivity index (χ0n) is 18.8. The highest BCUT2D eigenvalue weighted by molar-refractivity contribution is 7.80. The third-order valence-electron chi connectivity index (χ3n) is 6.65. The minimum Gasteiger partial charge on any atom is -0.478 e. The number of nitrogens with one attached hydrogen (secondary N) is 2. The van der Waals surface area contributed by atoms with Gasteiger partial charge in [0.25, 0.3) is 0 Å². The lowest BCUT2D eigenvalue weighted by atomic mass is 9.92. The standard InChI is InChI=1S/C27H23N3O4S/c31-26(32)17-7-5-16(6-8-17)14-28-27(35)30-12-11-20-19-3-1-2-4-21(19)29-24(20)25(30)18-9-10-22-23(13-18)34-15-33-22/h1-10,13,25,29H,11-12,14-15H2,(H,28,35)(H,31,32). The van der Waals surface area contributed by atoms with Crippen molar-refractivity contribution in [3.05, 3.63) is 94.7 Å². The van der Waals surface area contributed by atoms with Crippen molar-refractivity contribution in [3.63, 3.8) is 0 Å². The van der Waals surface area contributed by atoms with Crippen molar-refractivity contribution in [3.8, 4) is 11.5 Å². The van der Waals surface area contributed by atoms with Gasteiger partial charge in [-0.3, -0.25) is 0 Å². The van der Waals surface area contributed by atoms with Crippen LogP contribution in [0.15, 0.2) is 66.7 Å². The van der Waals surface area contributed by atoms with Gasteiger partial charge in [-0.1, -0.05) is 36.4 Å². The lowest BCUT2D eigenvalue weighted by Gasteiger charge is -2.38. The van der Waals surface area contributed by atoms with Crippen molar-refractivity contribution in [1.82, 2.24) is 15.2 Å². The smallest absolute Gasteiger partial charge is 0.335 e. The molecule has 0 saturated carbocycles. The van der Waals surface area contributed by atoms with Crippen molar-refractivity contribution >= 4 is 34.2 Å². The summed E-state index contributed by atoms with van der Waals surface area (Å²) in [7, 11) is 0. The molecule has 35 heavy (non-hydrogen) atoms. The molecule has 3 aromatic carbocycles. The van der Waals surface area contributed by atoms with Crippen LogP contribution in [0.5, 0.6) is 11.5 Å². The fourth-order valence-electron chi connectivity index (χ4n) is 4.93. The number of H-pyrrole nitrogens is 1. The molecule has 1 atom stereocenters. The molecule has 3 N–H and O–H groups in total. The first-order valence-electron chi connectivity index (χ1n) is 11.4. The summed E-state index contributed by atoms with van der Waals surface area (Å²) < 4.78 is 11.2. The Morgan fingerprint density at radius 1 is 1.09 bits per heavy atom. The van der Waals surface area contributed by atoms with Gasteiger partial charge in [0.15, 0.2) is 16.6 Å². The predicted octanol–water partition coefficient (Wildman–Crippen LogP) is 4.62. The van der Waals surface area contributed by atoms with Crippen molar-refractivity contribution < 1.29 is 19.4 Å². The second-order valence-corrected chi connectivity index (χ2v) is 9.07. The average Bonchev–Trinajstić information content (AvgIpc) is 3.51. The Bertz CT molecular complexity index is 1450. The van der Waals surface area contributed by atoms with E-state index in [0.717, 1.165) is 46.8 Å². The molecule has 0 saturated heterocycles. The molecule has 4 aromatic rings. The number of hydrogen-bond acceptors (Lipinski definition) is 4. The number of aromatic carboxylic acids is 1. The van der Waals surface area contributed by atoms with Crippen LogP contribution >= 0.6 is 12.2 Å². The maximum atomic E-state index is 11.1. The number of benzene rings is 3. The van der Waals surface area contributed by atoms with Crippen LogP contribution < -0.4 is 14.8 Å². The van der Waals surface area contributed by atoms with Crippen LogP contribution in [-0.2, 0) is 13.0 Å². The summed E-state index contributed by atoms with van der Waals surface area (Å²) >= 11 is 5.88. The Morgan fingerprint density at radius 3 is 2.71 bits per heavy atom. The number of para-hydroxylation sites is 1. The number of fused-ring (bicyclic) bond motifs is 4. The summed E-state index contributed by atoms with van der Waals surface area (Å²) in [6.07, 6.45) is 0.871. The first-order chi connectivity index (χ1) is 17.1. The van der Waals surface area contributed by atoms with E-state index in [2.05, 4.69) is 39.5 Å². The molecular weight excluding hydrogens is 462 g/mol. The van der Waals surface area contributed by atoms with Crippen LogP contribution in [-0.4, -0.2) is 39.4 Å². The second-order valence-electron chi connectivity index (χ2n) is 8.68. The molecule has 2 aliphatic heterocycles. The van der Waals surface area contributed by atoms with Crippen LogP contribution in [0, 0.1) is 0 Å². The Labute approximate surface area is 207 Å². The lowest BCUT2D eigenvalue weighted by molar-refractivity contribution is 0.0697. The molecule has 6 rings (SSSR count). The highest BCUT2D eigenvalue weighted by atomic mass is 32.1. The van der Waals surface area contributed by atoms with Crippen LogP contribution in [0.3, 0.4) is 0 Å². The molecule has 0 aliphatic carbocycles. The Kier molecular flexibility index (Phi) is 5.30. The van der Waals surface area contributed by atoms with Gasteiger partial charge >= 0.3 is 5.97 Å². The van der Waals surface area contributed by atoms with Gasteiger partial charge in [0.1, 0.15) is 0 Å². The molecule has 2 aliphatic rings. The topological polar surface area (TPSA) is 86.8 Å². The quantitative estimate of drug-likeness (QED) is 0.364. The number of nitrogens with zero attached hydrogens (tertiary/aromatic N) is 1. The average molecular weight is 486 g/mol. The van der Waals surface area contributed by atoms with E-state index in [1.165, 1.54) is 10.9 Å². The van der Waals surface area contributed by atoms with E-state index in [-0.39, 0.29) is 18.4 Å². The fraction of sp³-hybridized carbons (Fsp3) is 0.185. The lowest BCUT2D eigenvalue weighted by Crippen LogP contribution is -2.45. The van der Waals surface area contributed by atoms with Gasteiger partial charge in [0.05, 0.1) is 11.6 Å². The molecule has 0 spiro atoms. The first kappa shape index (κ1) is 21.5. The molecule has 0 amide bonds. The summed E-state index contributed by atoms with van der Waals surface area (Å²) in [6.45, 7) is 1.49. The molecule has 176 valence electrons. The maximum Gasteiger partial charge on any atom is 0.335 e. The van der Waals surface area contributed by atoms with E-state index in [0.29, 0.717) is 11.7 Å². The van der Waals surface area contributed by atoms with Crippen molar-refractivity contribution in [2.24, 2.45) is 0 Å². The van der Waals surface area contributed by atoms with Crippen molar-refractivity contribution in [1.29, 1.82) is 0 Å². The van der Waals surface area contributed by atoms with Gasteiger partial charge in [-0.2, -0.15) is 0 Å². The summed E-state index contributed by atoms with van der Waals surface area (Å²) in [5.41, 5.74) is 5.85. The van der Waals surface area contributed by atoms with Crippen LogP contribution in [0.1, 0.15) is 38.8 Å². The molecule has 8 heteroatoms. The maximum absolute atomic E-state index is 11.1. The molecule has 0 fully saturated rings. The van der Waals surface area contributed by atoms with Crippen LogP contribution in [0.4, 0.5) is 0 Å². The molecule has 0 bridgehead atoms. The monoisotopic (exact) mass is 485 g/mol. The van der Waals surface area contributed by atoms with Crippen molar-refractivity contribution in [2.75, 3.05) is 13.3 Å². The Balaban J connectivity index is 1.32. The molecule has 7 nitrogen and oxygen atoms in total.